The molecule has 0 unspecified atom stereocenters. The third-order valence-corrected chi connectivity index (χ3v) is 3.40. The van der Waals surface area contributed by atoms with Crippen LogP contribution in [0.3, 0.4) is 0 Å². The minimum atomic E-state index is -4.88. The van der Waals surface area contributed by atoms with E-state index in [2.05, 4.69) is 4.74 Å². The lowest BCUT2D eigenvalue weighted by Gasteiger charge is -2.13. The highest BCUT2D eigenvalue weighted by Crippen LogP contribution is 2.32. The van der Waals surface area contributed by atoms with Crippen molar-refractivity contribution < 1.29 is 31.8 Å². The van der Waals surface area contributed by atoms with Gasteiger partial charge in [0.05, 0.1) is 10.2 Å². The number of halogens is 5. The molecule has 0 N–H and O–H groups in total. The van der Waals surface area contributed by atoms with Crippen LogP contribution in [0.15, 0.2) is 42.5 Å². The maximum atomic E-state index is 13.8. The first-order chi connectivity index (χ1) is 10.8. The van der Waals surface area contributed by atoms with Gasteiger partial charge in [-0.15, -0.1) is 13.2 Å². The third kappa shape index (κ3) is 5.87. The zero-order chi connectivity index (χ0) is 16.9. The maximum Gasteiger partial charge on any atom is 0.573 e. The summed E-state index contributed by atoms with van der Waals surface area (Å²) in [5.74, 6) is -1.79. The fourth-order valence-electron chi connectivity index (χ4n) is 1.70. The average Bonchev–Trinajstić information content (AvgIpc) is 2.45. The summed E-state index contributed by atoms with van der Waals surface area (Å²) >= 11 is 1.66. The molecule has 8 heteroatoms. The summed E-state index contributed by atoms with van der Waals surface area (Å²) in [6.45, 7) is 0.0373. The molecule has 0 bridgehead atoms. The average molecular weight is 442 g/mol. The van der Waals surface area contributed by atoms with Crippen molar-refractivity contribution in [2.45, 2.75) is 13.0 Å². The number of ether oxygens (including phenoxy) is 3. The Hall–Kier alpha value is -1.55. The van der Waals surface area contributed by atoms with Gasteiger partial charge in [0.15, 0.2) is 18.4 Å². The van der Waals surface area contributed by atoms with Crippen molar-refractivity contribution in [1.82, 2.24) is 0 Å². The molecule has 0 aromatic heterocycles. The molecule has 0 atom stereocenters. The lowest BCUT2D eigenvalue weighted by molar-refractivity contribution is -0.274. The Kier molecular flexibility index (Phi) is 6.05. The number of benzene rings is 2. The molecular weight excluding hydrogens is 431 g/mol. The largest absolute Gasteiger partial charge is 0.573 e. The molecule has 0 aliphatic heterocycles. The van der Waals surface area contributed by atoms with Crippen LogP contribution in [0.25, 0.3) is 0 Å². The van der Waals surface area contributed by atoms with Crippen molar-refractivity contribution in [1.29, 1.82) is 0 Å². The first kappa shape index (κ1) is 17.8. The minimum Gasteiger partial charge on any atom is -0.463 e. The number of hydrogen-bond acceptors (Lipinski definition) is 3. The van der Waals surface area contributed by atoms with E-state index in [1.807, 2.05) is 30.3 Å². The Morgan fingerprint density at radius 3 is 2.35 bits per heavy atom. The van der Waals surface area contributed by atoms with Gasteiger partial charge in [-0.1, -0.05) is 30.3 Å². The first-order valence-corrected chi connectivity index (χ1v) is 7.42. The quantitative estimate of drug-likeness (QED) is 0.276. The number of rotatable bonds is 6. The summed E-state index contributed by atoms with van der Waals surface area (Å²) in [6.07, 6.45) is -4.88. The lowest BCUT2D eigenvalue weighted by atomic mass is 10.2. The smallest absolute Gasteiger partial charge is 0.463 e. The van der Waals surface area contributed by atoms with Crippen LogP contribution in [0.1, 0.15) is 5.56 Å². The third-order valence-electron chi connectivity index (χ3n) is 2.60. The maximum absolute atomic E-state index is 13.8. The normalized spacial score (nSPS) is 11.3. The molecule has 0 aliphatic carbocycles. The predicted octanol–water partition coefficient (Wildman–Crippen LogP) is 4.88. The second-order valence-corrected chi connectivity index (χ2v) is 5.52. The molecule has 0 radical (unpaired) electrons. The van der Waals surface area contributed by atoms with E-state index < -0.39 is 17.9 Å². The van der Waals surface area contributed by atoms with E-state index in [0.29, 0.717) is 6.07 Å². The monoisotopic (exact) mass is 442 g/mol. The van der Waals surface area contributed by atoms with Crippen molar-refractivity contribution >= 4 is 22.6 Å². The Balaban J connectivity index is 1.92. The SMILES string of the molecule is Fc1cc(OC(F)(F)F)cc(I)c1OCOCc1ccccc1. The van der Waals surface area contributed by atoms with Gasteiger partial charge < -0.3 is 14.2 Å². The highest BCUT2D eigenvalue weighted by molar-refractivity contribution is 14.1. The standard InChI is InChI=1S/C15H11F4IO3/c16-12-6-11(23-15(17,18)19)7-13(20)14(12)22-9-21-8-10-4-2-1-3-5-10/h1-7H,8-9H2. The van der Waals surface area contributed by atoms with Gasteiger partial charge in [0, 0.05) is 6.07 Å². The highest BCUT2D eigenvalue weighted by Gasteiger charge is 2.31. The van der Waals surface area contributed by atoms with Crippen molar-refractivity contribution in [2.75, 3.05) is 6.79 Å². The molecule has 0 amide bonds. The van der Waals surface area contributed by atoms with E-state index in [9.17, 15) is 17.6 Å². The lowest BCUT2D eigenvalue weighted by Crippen LogP contribution is -2.17. The summed E-state index contributed by atoms with van der Waals surface area (Å²) < 4.78 is 64.3. The van der Waals surface area contributed by atoms with E-state index >= 15 is 0 Å². The van der Waals surface area contributed by atoms with Crippen LogP contribution in [0.4, 0.5) is 17.6 Å². The fraction of sp³-hybridized carbons (Fsp3) is 0.200. The van der Waals surface area contributed by atoms with Gasteiger partial charge in [-0.05, 0) is 34.2 Å². The molecule has 23 heavy (non-hydrogen) atoms. The van der Waals surface area contributed by atoms with Crippen LogP contribution >= 0.6 is 22.6 Å². The van der Waals surface area contributed by atoms with E-state index in [1.165, 1.54) is 0 Å². The summed E-state index contributed by atoms with van der Waals surface area (Å²) in [5.41, 5.74) is 0.917. The molecule has 2 aromatic rings. The summed E-state index contributed by atoms with van der Waals surface area (Å²) in [5, 5.41) is 0. The molecule has 0 saturated heterocycles. The molecule has 0 aliphatic rings. The van der Waals surface area contributed by atoms with Crippen LogP contribution in [0.2, 0.25) is 0 Å². The van der Waals surface area contributed by atoms with Crippen LogP contribution < -0.4 is 9.47 Å². The zero-order valence-corrected chi connectivity index (χ0v) is 13.7. The predicted molar refractivity (Wildman–Crippen MR) is 82.5 cm³/mol. The Morgan fingerprint density at radius 1 is 1.04 bits per heavy atom. The Labute approximate surface area is 143 Å². The second kappa shape index (κ2) is 7.82. The van der Waals surface area contributed by atoms with Crippen molar-refractivity contribution in [2.24, 2.45) is 0 Å². The van der Waals surface area contributed by atoms with Crippen molar-refractivity contribution in [3.8, 4) is 11.5 Å². The Bertz CT molecular complexity index is 624. The molecule has 3 nitrogen and oxygen atoms in total. The molecule has 2 aromatic carbocycles. The van der Waals surface area contributed by atoms with Crippen LogP contribution in [-0.2, 0) is 11.3 Å². The van der Waals surface area contributed by atoms with Gasteiger partial charge in [0.2, 0.25) is 0 Å². The molecular formula is C15H11F4IO3. The second-order valence-electron chi connectivity index (χ2n) is 4.36. The number of hydrogen-bond donors (Lipinski definition) is 0. The van der Waals surface area contributed by atoms with E-state index in [0.717, 1.165) is 11.6 Å². The van der Waals surface area contributed by atoms with E-state index in [4.69, 9.17) is 9.47 Å². The van der Waals surface area contributed by atoms with Crippen molar-refractivity contribution in [3.05, 3.63) is 57.4 Å². The highest BCUT2D eigenvalue weighted by atomic mass is 127. The summed E-state index contributed by atoms with van der Waals surface area (Å²) in [4.78, 5) is 0. The van der Waals surface area contributed by atoms with Gasteiger partial charge in [-0.25, -0.2) is 4.39 Å². The summed E-state index contributed by atoms with van der Waals surface area (Å²) in [7, 11) is 0. The van der Waals surface area contributed by atoms with E-state index in [-0.39, 0.29) is 22.7 Å². The van der Waals surface area contributed by atoms with Crippen LogP contribution in [0.5, 0.6) is 11.5 Å². The van der Waals surface area contributed by atoms with Gasteiger partial charge in [-0.3, -0.25) is 0 Å². The fourth-order valence-corrected chi connectivity index (χ4v) is 2.42. The first-order valence-electron chi connectivity index (χ1n) is 6.34. The molecule has 2 rings (SSSR count). The zero-order valence-electron chi connectivity index (χ0n) is 11.6. The van der Waals surface area contributed by atoms with Gasteiger partial charge in [0.25, 0.3) is 0 Å². The van der Waals surface area contributed by atoms with Gasteiger partial charge >= 0.3 is 6.36 Å². The molecule has 124 valence electrons. The molecule has 0 spiro atoms. The van der Waals surface area contributed by atoms with Crippen LogP contribution in [0, 0.1) is 9.39 Å². The molecule has 0 fully saturated rings. The minimum absolute atomic E-state index is 0.144. The van der Waals surface area contributed by atoms with Crippen molar-refractivity contribution in [3.63, 3.8) is 0 Å². The van der Waals surface area contributed by atoms with Gasteiger partial charge in [0.1, 0.15) is 5.75 Å². The Morgan fingerprint density at radius 2 is 1.74 bits per heavy atom. The summed E-state index contributed by atoms with van der Waals surface area (Å²) in [6, 6.07) is 10.9. The van der Waals surface area contributed by atoms with Gasteiger partial charge in [-0.2, -0.15) is 0 Å². The molecule has 0 heterocycles. The molecule has 0 saturated carbocycles. The topological polar surface area (TPSA) is 27.7 Å². The number of alkyl halides is 3. The van der Waals surface area contributed by atoms with E-state index in [1.54, 1.807) is 22.6 Å². The van der Waals surface area contributed by atoms with Crippen LogP contribution in [-0.4, -0.2) is 13.2 Å².